The first-order chi connectivity index (χ1) is 14.6. The Kier molecular flexibility index (Phi) is 5.33. The number of hydrogen-bond acceptors (Lipinski definition) is 4. The van der Waals surface area contributed by atoms with Gasteiger partial charge in [0.25, 0.3) is 5.91 Å². The summed E-state index contributed by atoms with van der Waals surface area (Å²) in [6.45, 7) is 6.13. The molecule has 5 rings (SSSR count). The van der Waals surface area contributed by atoms with Gasteiger partial charge in [0.05, 0.1) is 17.1 Å². The largest absolute Gasteiger partial charge is 0.335 e. The van der Waals surface area contributed by atoms with Gasteiger partial charge in [0.2, 0.25) is 0 Å². The summed E-state index contributed by atoms with van der Waals surface area (Å²) in [5.41, 5.74) is 1.92. The van der Waals surface area contributed by atoms with Crippen LogP contribution in [0.1, 0.15) is 46.6 Å². The highest BCUT2D eigenvalue weighted by Crippen LogP contribution is 2.30. The normalized spacial score (nSPS) is 18.5. The van der Waals surface area contributed by atoms with Crippen molar-refractivity contribution in [3.63, 3.8) is 0 Å². The summed E-state index contributed by atoms with van der Waals surface area (Å²) in [5.74, 6) is -0.104. The molecule has 0 radical (unpaired) electrons. The van der Waals surface area contributed by atoms with Gasteiger partial charge in [0.1, 0.15) is 10.6 Å². The van der Waals surface area contributed by atoms with Gasteiger partial charge in [-0.15, -0.1) is 11.3 Å². The van der Waals surface area contributed by atoms with E-state index in [2.05, 4.69) is 10.00 Å². The van der Waals surface area contributed by atoms with Crippen molar-refractivity contribution in [3.8, 4) is 0 Å². The van der Waals surface area contributed by atoms with Crippen LogP contribution in [0.15, 0.2) is 30.3 Å². The van der Waals surface area contributed by atoms with Crippen molar-refractivity contribution in [2.75, 3.05) is 26.2 Å². The van der Waals surface area contributed by atoms with E-state index in [-0.39, 0.29) is 11.7 Å². The number of thiophene rings is 1. The molecule has 1 saturated carbocycles. The summed E-state index contributed by atoms with van der Waals surface area (Å²) in [7, 11) is 0. The Morgan fingerprint density at radius 2 is 1.83 bits per heavy atom. The number of amides is 1. The third-order valence-electron chi connectivity index (χ3n) is 6.51. The maximum atomic E-state index is 13.2. The van der Waals surface area contributed by atoms with E-state index in [0.29, 0.717) is 6.54 Å². The van der Waals surface area contributed by atoms with Crippen LogP contribution in [0.5, 0.6) is 0 Å². The third-order valence-corrected chi connectivity index (χ3v) is 7.64. The smallest absolute Gasteiger partial charge is 0.264 e. The number of carbonyl (C=O) groups excluding carboxylic acids is 1. The topological polar surface area (TPSA) is 41.4 Å². The van der Waals surface area contributed by atoms with Crippen molar-refractivity contribution < 1.29 is 9.18 Å². The highest BCUT2D eigenvalue weighted by atomic mass is 32.1. The number of aromatic nitrogens is 2. The van der Waals surface area contributed by atoms with E-state index in [1.165, 1.54) is 49.2 Å². The molecule has 3 aromatic rings. The Morgan fingerprint density at radius 1 is 1.13 bits per heavy atom. The van der Waals surface area contributed by atoms with Crippen LogP contribution in [0.25, 0.3) is 10.2 Å². The maximum Gasteiger partial charge on any atom is 0.264 e. The van der Waals surface area contributed by atoms with Gasteiger partial charge in [-0.05, 0) is 43.5 Å². The molecule has 1 aromatic carbocycles. The molecule has 2 aromatic heterocycles. The van der Waals surface area contributed by atoms with Gasteiger partial charge < -0.3 is 4.90 Å². The number of rotatable bonds is 4. The van der Waals surface area contributed by atoms with Crippen molar-refractivity contribution in [3.05, 3.63) is 52.3 Å². The molecule has 0 N–H and O–H groups in total. The first kappa shape index (κ1) is 19.7. The van der Waals surface area contributed by atoms with Crippen LogP contribution in [0.2, 0.25) is 0 Å². The Balaban J connectivity index is 1.31. The van der Waals surface area contributed by atoms with Crippen molar-refractivity contribution in [1.82, 2.24) is 19.6 Å². The van der Waals surface area contributed by atoms with Gasteiger partial charge in [0, 0.05) is 37.6 Å². The quantitative estimate of drug-likeness (QED) is 0.625. The molecule has 0 spiro atoms. The van der Waals surface area contributed by atoms with Gasteiger partial charge in [-0.1, -0.05) is 25.0 Å². The molecule has 1 aliphatic heterocycles. The SMILES string of the molecule is Cc1nn(Cc2ccc(F)cc2)c2sc(C(=O)N3CCN(C4CCCC4)CC3)cc12. The highest BCUT2D eigenvalue weighted by Gasteiger charge is 2.29. The predicted molar refractivity (Wildman–Crippen MR) is 118 cm³/mol. The Morgan fingerprint density at radius 3 is 2.53 bits per heavy atom. The monoisotopic (exact) mass is 426 g/mol. The fourth-order valence-electron chi connectivity index (χ4n) is 4.80. The maximum absolute atomic E-state index is 13.2. The Labute approximate surface area is 180 Å². The van der Waals surface area contributed by atoms with E-state index in [1.54, 1.807) is 12.1 Å². The molecule has 2 aliphatic rings. The molecule has 1 saturated heterocycles. The average Bonchev–Trinajstić information content (AvgIpc) is 3.49. The fourth-order valence-corrected chi connectivity index (χ4v) is 5.93. The van der Waals surface area contributed by atoms with Gasteiger partial charge >= 0.3 is 0 Å². The molecule has 5 nitrogen and oxygen atoms in total. The van der Waals surface area contributed by atoms with Crippen LogP contribution in [0.4, 0.5) is 4.39 Å². The van der Waals surface area contributed by atoms with Crippen LogP contribution < -0.4 is 0 Å². The molecular formula is C23H27FN4OS. The highest BCUT2D eigenvalue weighted by molar-refractivity contribution is 7.20. The van der Waals surface area contributed by atoms with Gasteiger partial charge in [-0.25, -0.2) is 4.39 Å². The van der Waals surface area contributed by atoms with E-state index >= 15 is 0 Å². The van der Waals surface area contributed by atoms with E-state index in [0.717, 1.165) is 58.6 Å². The van der Waals surface area contributed by atoms with Crippen molar-refractivity contribution in [2.24, 2.45) is 0 Å². The molecule has 0 unspecified atom stereocenters. The number of benzene rings is 1. The lowest BCUT2D eigenvalue weighted by Gasteiger charge is -2.37. The lowest BCUT2D eigenvalue weighted by molar-refractivity contribution is 0.0578. The number of piperazine rings is 1. The molecule has 2 fully saturated rings. The van der Waals surface area contributed by atoms with E-state index in [4.69, 9.17) is 0 Å². The molecule has 1 aliphatic carbocycles. The third kappa shape index (κ3) is 3.76. The number of aryl methyl sites for hydroxylation is 1. The number of carbonyl (C=O) groups is 1. The number of halogens is 1. The second-order valence-corrected chi connectivity index (χ2v) is 9.50. The molecule has 0 atom stereocenters. The molecule has 0 bridgehead atoms. The van der Waals surface area contributed by atoms with E-state index < -0.39 is 0 Å². The summed E-state index contributed by atoms with van der Waals surface area (Å²) >= 11 is 1.52. The summed E-state index contributed by atoms with van der Waals surface area (Å²) in [6.07, 6.45) is 5.32. The van der Waals surface area contributed by atoms with Crippen molar-refractivity contribution in [2.45, 2.75) is 45.2 Å². The minimum Gasteiger partial charge on any atom is -0.335 e. The molecule has 3 heterocycles. The zero-order chi connectivity index (χ0) is 20.7. The number of fused-ring (bicyclic) bond motifs is 1. The average molecular weight is 427 g/mol. The Bertz CT molecular complexity index is 1040. The second kappa shape index (κ2) is 8.12. The van der Waals surface area contributed by atoms with Gasteiger partial charge in [-0.2, -0.15) is 5.10 Å². The van der Waals surface area contributed by atoms with Crippen LogP contribution in [0.3, 0.4) is 0 Å². The second-order valence-electron chi connectivity index (χ2n) is 8.47. The molecular weight excluding hydrogens is 399 g/mol. The molecule has 30 heavy (non-hydrogen) atoms. The Hall–Kier alpha value is -2.25. The summed E-state index contributed by atoms with van der Waals surface area (Å²) in [6, 6.07) is 9.22. The lowest BCUT2D eigenvalue weighted by Crippen LogP contribution is -2.51. The van der Waals surface area contributed by atoms with Gasteiger partial charge in [0.15, 0.2) is 0 Å². The van der Waals surface area contributed by atoms with Crippen molar-refractivity contribution >= 4 is 27.5 Å². The van der Waals surface area contributed by atoms with Crippen LogP contribution in [-0.4, -0.2) is 57.7 Å². The van der Waals surface area contributed by atoms with Crippen molar-refractivity contribution in [1.29, 1.82) is 0 Å². The minimum atomic E-state index is -0.238. The lowest BCUT2D eigenvalue weighted by atomic mass is 10.2. The predicted octanol–water partition coefficient (Wildman–Crippen LogP) is 4.29. The van der Waals surface area contributed by atoms with Crippen LogP contribution >= 0.6 is 11.3 Å². The summed E-state index contributed by atoms with van der Waals surface area (Å²) < 4.78 is 15.1. The van der Waals surface area contributed by atoms with E-state index in [1.807, 2.05) is 22.6 Å². The summed E-state index contributed by atoms with van der Waals surface area (Å²) in [5, 5.41) is 5.67. The summed E-state index contributed by atoms with van der Waals surface area (Å²) in [4.78, 5) is 19.5. The molecule has 158 valence electrons. The first-order valence-corrected chi connectivity index (χ1v) is 11.6. The zero-order valence-corrected chi connectivity index (χ0v) is 18.1. The van der Waals surface area contributed by atoms with Crippen LogP contribution in [-0.2, 0) is 6.54 Å². The first-order valence-electron chi connectivity index (χ1n) is 10.8. The fraction of sp³-hybridized carbons (Fsp3) is 0.478. The van der Waals surface area contributed by atoms with E-state index in [9.17, 15) is 9.18 Å². The molecule has 7 heteroatoms. The minimum absolute atomic E-state index is 0.134. The standard InChI is InChI=1S/C23H27FN4OS/c1-16-20-14-21(22(29)27-12-10-26(11-13-27)19-4-2-3-5-19)30-23(20)28(25-16)15-17-6-8-18(24)9-7-17/h6-9,14,19H,2-5,10-13,15H2,1H3. The van der Waals surface area contributed by atoms with Crippen LogP contribution in [0, 0.1) is 12.7 Å². The number of nitrogens with zero attached hydrogens (tertiary/aromatic N) is 4. The molecule has 1 amide bonds. The number of hydrogen-bond donors (Lipinski definition) is 0. The zero-order valence-electron chi connectivity index (χ0n) is 17.3. The van der Waals surface area contributed by atoms with Gasteiger partial charge in [-0.3, -0.25) is 14.4 Å².